The summed E-state index contributed by atoms with van der Waals surface area (Å²) in [6, 6.07) is 2.27. The SMILES string of the molecule is Cc1ccsc1CN1CCC2(CC1)CCN(CC1CCN(CC(Cc3ncc[nH]3)Cc3ncc[nH]3)CC1)C2. The summed E-state index contributed by atoms with van der Waals surface area (Å²) in [6.45, 7) is 13.5. The molecule has 0 aliphatic carbocycles. The molecule has 3 aliphatic heterocycles. The van der Waals surface area contributed by atoms with Gasteiger partial charge in [-0.2, -0.15) is 0 Å². The maximum atomic E-state index is 4.50. The minimum atomic E-state index is 0.525. The zero-order valence-electron chi connectivity index (χ0n) is 23.1. The molecule has 3 aromatic rings. The standard InChI is InChI=1S/C30H45N7S/c1-24-4-17-38-27(24)22-36-14-5-30(6-15-36)7-16-37(23-30)20-25-2-12-35(13-3-25)21-26(18-28-31-8-9-32-28)19-29-33-10-11-34-29/h4,8-11,17,25-26H,2-3,5-7,12-16,18-23H2,1H3,(H,31,32)(H,33,34). The van der Waals surface area contributed by atoms with Crippen molar-refractivity contribution >= 4 is 11.3 Å². The molecular weight excluding hydrogens is 490 g/mol. The first-order valence-corrected chi connectivity index (χ1v) is 15.7. The molecule has 3 aromatic heterocycles. The van der Waals surface area contributed by atoms with Crippen molar-refractivity contribution in [3.05, 3.63) is 58.3 Å². The lowest BCUT2D eigenvalue weighted by Crippen LogP contribution is -2.43. The van der Waals surface area contributed by atoms with E-state index in [0.29, 0.717) is 11.3 Å². The molecule has 6 rings (SSSR count). The number of aromatic nitrogens is 4. The Morgan fingerprint density at radius 2 is 1.58 bits per heavy atom. The van der Waals surface area contributed by atoms with Gasteiger partial charge in [0.1, 0.15) is 11.6 Å². The molecular formula is C30H45N7S. The lowest BCUT2D eigenvalue weighted by atomic mass is 9.77. The van der Waals surface area contributed by atoms with Gasteiger partial charge in [0.05, 0.1) is 0 Å². The fraction of sp³-hybridized carbons (Fsp3) is 0.667. The van der Waals surface area contributed by atoms with E-state index in [1.54, 1.807) is 4.88 Å². The molecule has 3 saturated heterocycles. The predicted molar refractivity (Wildman–Crippen MR) is 154 cm³/mol. The Hall–Kier alpha value is -2.00. The van der Waals surface area contributed by atoms with Gasteiger partial charge in [-0.15, -0.1) is 11.3 Å². The van der Waals surface area contributed by atoms with Gasteiger partial charge in [-0.05, 0) is 106 Å². The molecule has 0 unspecified atom stereocenters. The monoisotopic (exact) mass is 535 g/mol. The van der Waals surface area contributed by atoms with Crippen LogP contribution in [-0.2, 0) is 19.4 Å². The first-order valence-electron chi connectivity index (χ1n) is 14.8. The van der Waals surface area contributed by atoms with Gasteiger partial charge in [-0.25, -0.2) is 9.97 Å². The molecule has 0 bridgehead atoms. The molecule has 3 fully saturated rings. The Kier molecular flexibility index (Phi) is 8.30. The molecule has 0 atom stereocenters. The van der Waals surface area contributed by atoms with E-state index in [1.165, 1.54) is 83.5 Å². The van der Waals surface area contributed by atoms with Gasteiger partial charge in [-0.3, -0.25) is 4.90 Å². The molecule has 0 aromatic carbocycles. The van der Waals surface area contributed by atoms with E-state index in [0.717, 1.165) is 43.5 Å². The molecule has 7 nitrogen and oxygen atoms in total. The number of nitrogens with zero attached hydrogens (tertiary/aromatic N) is 5. The molecule has 38 heavy (non-hydrogen) atoms. The molecule has 2 N–H and O–H groups in total. The second-order valence-corrected chi connectivity index (χ2v) is 13.4. The maximum absolute atomic E-state index is 4.50. The Balaban J connectivity index is 0.935. The number of imidazole rings is 2. The third kappa shape index (κ3) is 6.58. The average molecular weight is 536 g/mol. The van der Waals surface area contributed by atoms with Gasteiger partial charge in [0, 0.05) is 68.7 Å². The van der Waals surface area contributed by atoms with E-state index in [9.17, 15) is 0 Å². The molecule has 0 amide bonds. The summed E-state index contributed by atoms with van der Waals surface area (Å²) in [5.41, 5.74) is 2.06. The third-order valence-corrected chi connectivity index (χ3v) is 10.6. The van der Waals surface area contributed by atoms with Crippen LogP contribution in [0.25, 0.3) is 0 Å². The first-order chi connectivity index (χ1) is 18.6. The van der Waals surface area contributed by atoms with E-state index in [4.69, 9.17) is 0 Å². The molecule has 0 saturated carbocycles. The Morgan fingerprint density at radius 1 is 0.921 bits per heavy atom. The summed E-state index contributed by atoms with van der Waals surface area (Å²) in [5.74, 6) is 3.56. The normalized spacial score (nSPS) is 21.7. The minimum Gasteiger partial charge on any atom is -0.349 e. The summed E-state index contributed by atoms with van der Waals surface area (Å²) in [5, 5.41) is 2.25. The van der Waals surface area contributed by atoms with Gasteiger partial charge < -0.3 is 19.8 Å². The maximum Gasteiger partial charge on any atom is 0.106 e. The number of H-pyrrole nitrogens is 2. The number of piperidine rings is 2. The Morgan fingerprint density at radius 3 is 2.16 bits per heavy atom. The van der Waals surface area contributed by atoms with E-state index < -0.39 is 0 Å². The molecule has 206 valence electrons. The largest absolute Gasteiger partial charge is 0.349 e. The van der Waals surface area contributed by atoms with Crippen molar-refractivity contribution in [3.8, 4) is 0 Å². The quantitative estimate of drug-likeness (QED) is 0.397. The van der Waals surface area contributed by atoms with Crippen LogP contribution in [0.1, 0.15) is 54.2 Å². The number of aromatic amines is 2. The number of nitrogens with one attached hydrogen (secondary N) is 2. The van der Waals surface area contributed by atoms with Crippen LogP contribution in [-0.4, -0.2) is 87.0 Å². The highest BCUT2D eigenvalue weighted by Gasteiger charge is 2.41. The lowest BCUT2D eigenvalue weighted by Gasteiger charge is -2.40. The Labute approximate surface area is 232 Å². The van der Waals surface area contributed by atoms with Crippen molar-refractivity contribution in [1.82, 2.24) is 34.6 Å². The fourth-order valence-electron chi connectivity index (χ4n) is 7.20. The van der Waals surface area contributed by atoms with Crippen molar-refractivity contribution in [2.75, 3.05) is 52.4 Å². The minimum absolute atomic E-state index is 0.525. The number of aryl methyl sites for hydroxylation is 1. The van der Waals surface area contributed by atoms with Crippen molar-refractivity contribution < 1.29 is 0 Å². The molecule has 1 spiro atoms. The zero-order valence-corrected chi connectivity index (χ0v) is 23.9. The lowest BCUT2D eigenvalue weighted by molar-refractivity contribution is 0.0945. The molecule has 8 heteroatoms. The molecule has 3 aliphatic rings. The molecule has 0 radical (unpaired) electrons. The zero-order chi connectivity index (χ0) is 25.8. The van der Waals surface area contributed by atoms with Crippen LogP contribution < -0.4 is 0 Å². The van der Waals surface area contributed by atoms with Crippen molar-refractivity contribution in [2.24, 2.45) is 17.3 Å². The second-order valence-electron chi connectivity index (χ2n) is 12.4. The van der Waals surface area contributed by atoms with Gasteiger partial charge in [-0.1, -0.05) is 0 Å². The van der Waals surface area contributed by atoms with Crippen molar-refractivity contribution in [3.63, 3.8) is 0 Å². The number of rotatable bonds is 10. The predicted octanol–water partition coefficient (Wildman–Crippen LogP) is 4.60. The van der Waals surface area contributed by atoms with Crippen LogP contribution in [0.4, 0.5) is 0 Å². The van der Waals surface area contributed by atoms with Crippen LogP contribution >= 0.6 is 11.3 Å². The summed E-state index contributed by atoms with van der Waals surface area (Å²) < 4.78 is 0. The highest BCUT2D eigenvalue weighted by Crippen LogP contribution is 2.41. The first kappa shape index (κ1) is 26.2. The van der Waals surface area contributed by atoms with E-state index >= 15 is 0 Å². The van der Waals surface area contributed by atoms with E-state index in [2.05, 4.69) is 53.0 Å². The number of hydrogen-bond donors (Lipinski definition) is 2. The van der Waals surface area contributed by atoms with E-state index in [-0.39, 0.29) is 0 Å². The van der Waals surface area contributed by atoms with Crippen LogP contribution in [0.2, 0.25) is 0 Å². The number of thiophene rings is 1. The van der Waals surface area contributed by atoms with E-state index in [1.807, 2.05) is 36.1 Å². The van der Waals surface area contributed by atoms with Crippen LogP contribution in [0.15, 0.2) is 36.2 Å². The summed E-state index contributed by atoms with van der Waals surface area (Å²) >= 11 is 1.93. The van der Waals surface area contributed by atoms with Gasteiger partial charge >= 0.3 is 0 Å². The smallest absolute Gasteiger partial charge is 0.106 e. The Bertz CT molecular complexity index is 1060. The number of likely N-dealkylation sites (tertiary alicyclic amines) is 3. The molecule has 6 heterocycles. The average Bonchev–Trinajstić information content (AvgIpc) is 3.74. The number of hydrogen-bond acceptors (Lipinski definition) is 6. The van der Waals surface area contributed by atoms with Gasteiger partial charge in [0.15, 0.2) is 0 Å². The summed E-state index contributed by atoms with van der Waals surface area (Å²) in [7, 11) is 0. The van der Waals surface area contributed by atoms with Crippen molar-refractivity contribution in [2.45, 2.75) is 58.4 Å². The fourth-order valence-corrected chi connectivity index (χ4v) is 8.14. The second kappa shape index (κ2) is 12.0. The highest BCUT2D eigenvalue weighted by atomic mass is 32.1. The topological polar surface area (TPSA) is 67.1 Å². The van der Waals surface area contributed by atoms with Crippen molar-refractivity contribution in [1.29, 1.82) is 0 Å². The summed E-state index contributed by atoms with van der Waals surface area (Å²) in [6.07, 6.45) is 16.4. The van der Waals surface area contributed by atoms with Crippen LogP contribution in [0.5, 0.6) is 0 Å². The van der Waals surface area contributed by atoms with Gasteiger partial charge in [0.2, 0.25) is 0 Å². The summed E-state index contributed by atoms with van der Waals surface area (Å²) in [4.78, 5) is 25.4. The third-order valence-electron chi connectivity index (χ3n) is 9.58. The van der Waals surface area contributed by atoms with Crippen LogP contribution in [0, 0.1) is 24.2 Å². The van der Waals surface area contributed by atoms with Gasteiger partial charge in [0.25, 0.3) is 0 Å². The highest BCUT2D eigenvalue weighted by molar-refractivity contribution is 7.10. The van der Waals surface area contributed by atoms with Crippen LogP contribution in [0.3, 0.4) is 0 Å².